The maximum absolute atomic E-state index is 14.1. The number of fused-ring (bicyclic) bond motifs is 2. The lowest BCUT2D eigenvalue weighted by molar-refractivity contribution is 0.0957. The van der Waals surface area contributed by atoms with Crippen molar-refractivity contribution in [2.45, 2.75) is 19.9 Å². The minimum atomic E-state index is -0.683. The first-order chi connectivity index (χ1) is 17.4. The zero-order valence-corrected chi connectivity index (χ0v) is 20.0. The van der Waals surface area contributed by atoms with Crippen molar-refractivity contribution < 1.29 is 23.5 Å². The van der Waals surface area contributed by atoms with Crippen molar-refractivity contribution in [2.24, 2.45) is 0 Å². The fourth-order valence-electron chi connectivity index (χ4n) is 4.04. The van der Waals surface area contributed by atoms with Gasteiger partial charge in [0.2, 0.25) is 0 Å². The molecule has 2 aromatic carbocycles. The molecule has 0 fully saturated rings. The number of ether oxygens (including phenoxy) is 2. The van der Waals surface area contributed by atoms with E-state index < -0.39 is 17.6 Å². The van der Waals surface area contributed by atoms with E-state index in [4.69, 9.17) is 14.5 Å². The Morgan fingerprint density at radius 3 is 2.53 bits per heavy atom. The van der Waals surface area contributed by atoms with Gasteiger partial charge in [-0.2, -0.15) is 5.10 Å². The van der Waals surface area contributed by atoms with Crippen LogP contribution in [0.1, 0.15) is 40.6 Å². The number of hydrogen-bond acceptors (Lipinski definition) is 6. The quantitative estimate of drug-likeness (QED) is 0.435. The summed E-state index contributed by atoms with van der Waals surface area (Å²) in [5.74, 6) is -0.456. The fraction of sp³-hybridized carbons (Fsp3) is 0.231. The molecule has 3 heterocycles. The number of pyridine rings is 1. The number of rotatable bonds is 5. The molecule has 1 aliphatic rings. The molecule has 2 amide bonds. The predicted octanol–water partition coefficient (Wildman–Crippen LogP) is 4.20. The van der Waals surface area contributed by atoms with Crippen LogP contribution in [0.5, 0.6) is 11.5 Å². The zero-order chi connectivity index (χ0) is 25.4. The monoisotopic (exact) mass is 489 g/mol. The van der Waals surface area contributed by atoms with Gasteiger partial charge in [0.15, 0.2) is 17.1 Å². The Bertz CT molecular complexity index is 1500. The molecule has 0 bridgehead atoms. The van der Waals surface area contributed by atoms with Gasteiger partial charge in [-0.3, -0.25) is 9.59 Å². The van der Waals surface area contributed by atoms with Gasteiger partial charge in [0.1, 0.15) is 19.0 Å². The second-order valence-electron chi connectivity index (χ2n) is 8.56. The topological polar surface area (TPSA) is 107 Å². The lowest BCUT2D eigenvalue weighted by atomic mass is 10.1. The molecule has 9 nitrogen and oxygen atoms in total. The third kappa shape index (κ3) is 4.21. The Morgan fingerprint density at radius 1 is 1.00 bits per heavy atom. The van der Waals surface area contributed by atoms with E-state index in [0.29, 0.717) is 47.0 Å². The summed E-state index contributed by atoms with van der Waals surface area (Å²) in [6.07, 6.45) is 1.60. The number of aromatic nitrogens is 3. The van der Waals surface area contributed by atoms with Gasteiger partial charge >= 0.3 is 0 Å². The molecule has 0 saturated carbocycles. The van der Waals surface area contributed by atoms with Crippen LogP contribution >= 0.6 is 0 Å². The zero-order valence-electron chi connectivity index (χ0n) is 20.0. The maximum atomic E-state index is 14.1. The predicted molar refractivity (Wildman–Crippen MR) is 132 cm³/mol. The van der Waals surface area contributed by atoms with E-state index >= 15 is 0 Å². The van der Waals surface area contributed by atoms with Crippen molar-refractivity contribution in [1.29, 1.82) is 0 Å². The van der Waals surface area contributed by atoms with Gasteiger partial charge in [-0.05, 0) is 56.3 Å². The highest BCUT2D eigenvalue weighted by Crippen LogP contribution is 2.35. The van der Waals surface area contributed by atoms with Crippen LogP contribution in [0.2, 0.25) is 0 Å². The van der Waals surface area contributed by atoms with E-state index in [9.17, 15) is 14.0 Å². The molecule has 0 aliphatic carbocycles. The van der Waals surface area contributed by atoms with E-state index in [0.717, 1.165) is 11.6 Å². The molecule has 0 radical (unpaired) electrons. The van der Waals surface area contributed by atoms with Crippen molar-refractivity contribution >= 4 is 28.5 Å². The molecule has 0 atom stereocenters. The summed E-state index contributed by atoms with van der Waals surface area (Å²) in [5.41, 5.74) is 2.30. The summed E-state index contributed by atoms with van der Waals surface area (Å²) >= 11 is 0. The van der Waals surface area contributed by atoms with E-state index in [1.54, 1.807) is 16.9 Å². The second-order valence-corrected chi connectivity index (χ2v) is 8.56. The molecule has 0 spiro atoms. The highest BCUT2D eigenvalue weighted by atomic mass is 19.1. The van der Waals surface area contributed by atoms with Crippen LogP contribution in [0.25, 0.3) is 22.3 Å². The second kappa shape index (κ2) is 9.29. The molecule has 5 rings (SSSR count). The Hall–Kier alpha value is -4.47. The van der Waals surface area contributed by atoms with Crippen LogP contribution in [-0.2, 0) is 0 Å². The minimum absolute atomic E-state index is 0.00800. The summed E-state index contributed by atoms with van der Waals surface area (Å²) in [7, 11) is 1.41. The van der Waals surface area contributed by atoms with Crippen molar-refractivity contribution in [3.05, 3.63) is 65.6 Å². The van der Waals surface area contributed by atoms with Gasteiger partial charge in [-0.15, -0.1) is 0 Å². The number of nitrogens with one attached hydrogen (secondary N) is 2. The van der Waals surface area contributed by atoms with E-state index in [2.05, 4.69) is 15.7 Å². The van der Waals surface area contributed by atoms with Gasteiger partial charge in [0, 0.05) is 24.3 Å². The van der Waals surface area contributed by atoms with Gasteiger partial charge in [0.05, 0.1) is 28.4 Å². The molecule has 2 N–H and O–H groups in total. The number of carbonyl (C=O) groups excluding carboxylic acids is 2. The van der Waals surface area contributed by atoms with Crippen LogP contribution in [0.4, 0.5) is 10.1 Å². The molecule has 184 valence electrons. The van der Waals surface area contributed by atoms with Crippen molar-refractivity contribution in [3.8, 4) is 22.8 Å². The summed E-state index contributed by atoms with van der Waals surface area (Å²) in [6, 6.07) is 11.0. The Kier molecular flexibility index (Phi) is 6.01. The van der Waals surface area contributed by atoms with Crippen LogP contribution in [0.3, 0.4) is 0 Å². The number of amides is 2. The molecular weight excluding hydrogens is 465 g/mol. The number of benzene rings is 2. The van der Waals surface area contributed by atoms with Crippen LogP contribution in [-0.4, -0.2) is 46.8 Å². The molecule has 36 heavy (non-hydrogen) atoms. The van der Waals surface area contributed by atoms with Gasteiger partial charge in [0.25, 0.3) is 11.8 Å². The summed E-state index contributed by atoms with van der Waals surface area (Å²) in [6.45, 7) is 4.89. The van der Waals surface area contributed by atoms with Crippen molar-refractivity contribution in [3.63, 3.8) is 0 Å². The van der Waals surface area contributed by atoms with Crippen LogP contribution in [0, 0.1) is 5.82 Å². The molecule has 0 unspecified atom stereocenters. The van der Waals surface area contributed by atoms with Gasteiger partial charge < -0.3 is 20.1 Å². The van der Waals surface area contributed by atoms with Crippen molar-refractivity contribution in [1.82, 2.24) is 20.1 Å². The Balaban J connectivity index is 1.59. The lowest BCUT2D eigenvalue weighted by Crippen LogP contribution is -2.20. The summed E-state index contributed by atoms with van der Waals surface area (Å²) in [4.78, 5) is 30.2. The normalized spacial score (nSPS) is 12.6. The maximum Gasteiger partial charge on any atom is 0.256 e. The largest absolute Gasteiger partial charge is 0.486 e. The highest BCUT2D eigenvalue weighted by molar-refractivity contribution is 6.13. The molecule has 10 heteroatoms. The lowest BCUT2D eigenvalue weighted by Gasteiger charge is -2.19. The van der Waals surface area contributed by atoms with Gasteiger partial charge in [-0.25, -0.2) is 14.1 Å². The minimum Gasteiger partial charge on any atom is -0.486 e. The first-order valence-corrected chi connectivity index (χ1v) is 11.5. The number of hydrogen-bond donors (Lipinski definition) is 2. The van der Waals surface area contributed by atoms with E-state index in [1.807, 2.05) is 32.0 Å². The average Bonchev–Trinajstić information content (AvgIpc) is 3.33. The SMILES string of the molecule is CNC(=O)c1cc(NC(=O)c2cc(-c3ccc4c(c3)OCCO4)nc3c2cnn3C(C)C)ccc1F. The summed E-state index contributed by atoms with van der Waals surface area (Å²) in [5, 5.41) is 10.2. The number of halogens is 1. The number of anilines is 1. The summed E-state index contributed by atoms with van der Waals surface area (Å²) < 4.78 is 27.2. The molecule has 2 aromatic heterocycles. The Morgan fingerprint density at radius 2 is 1.78 bits per heavy atom. The standard InChI is InChI=1S/C26H24FN5O4/c1-14(2)32-24-19(13-29-32)17(26(34)30-16-5-6-20(27)18(11-16)25(33)28-3)12-21(31-24)15-4-7-22-23(10-15)36-9-8-35-22/h4-7,10-14H,8-9H2,1-3H3,(H,28,33)(H,30,34). The number of carbonyl (C=O) groups is 2. The van der Waals surface area contributed by atoms with Gasteiger partial charge in [-0.1, -0.05) is 0 Å². The average molecular weight is 490 g/mol. The van der Waals surface area contributed by atoms with E-state index in [1.165, 1.54) is 19.2 Å². The molecular formula is C26H24FN5O4. The first-order valence-electron chi connectivity index (χ1n) is 11.5. The highest BCUT2D eigenvalue weighted by Gasteiger charge is 2.21. The smallest absolute Gasteiger partial charge is 0.256 e. The molecule has 0 saturated heterocycles. The van der Waals surface area contributed by atoms with Crippen LogP contribution < -0.4 is 20.1 Å². The van der Waals surface area contributed by atoms with E-state index in [-0.39, 0.29) is 17.3 Å². The fourth-order valence-corrected chi connectivity index (χ4v) is 4.04. The third-order valence-electron chi connectivity index (χ3n) is 5.83. The first kappa shape index (κ1) is 23.3. The Labute approximate surface area is 206 Å². The molecule has 4 aromatic rings. The van der Waals surface area contributed by atoms with Crippen LogP contribution in [0.15, 0.2) is 48.7 Å². The molecule has 1 aliphatic heterocycles. The number of nitrogens with zero attached hydrogens (tertiary/aromatic N) is 3. The van der Waals surface area contributed by atoms with Crippen molar-refractivity contribution in [2.75, 3.05) is 25.6 Å². The third-order valence-corrected chi connectivity index (χ3v) is 5.83.